The molecule has 0 aromatic carbocycles. The van der Waals surface area contributed by atoms with Crippen LogP contribution in [0.25, 0.3) is 0 Å². The second-order valence-corrected chi connectivity index (χ2v) is 8.63. The lowest BCUT2D eigenvalue weighted by atomic mass is 9.58. The molecule has 1 aliphatic heterocycles. The van der Waals surface area contributed by atoms with E-state index in [1.165, 1.54) is 24.9 Å². The van der Waals surface area contributed by atoms with Crippen LogP contribution in [0.4, 0.5) is 17.3 Å². The van der Waals surface area contributed by atoms with Gasteiger partial charge in [0.2, 0.25) is 0 Å². The summed E-state index contributed by atoms with van der Waals surface area (Å²) in [5, 5.41) is 6.33. The van der Waals surface area contributed by atoms with E-state index in [1.54, 1.807) is 4.57 Å². The maximum absolute atomic E-state index is 13.4. The van der Waals surface area contributed by atoms with Crippen molar-refractivity contribution in [2.75, 3.05) is 11.1 Å². The monoisotopic (exact) mass is 400 g/mol. The van der Waals surface area contributed by atoms with Gasteiger partial charge in [-0.3, -0.25) is 14.2 Å². The zero-order valence-electron chi connectivity index (χ0n) is 15.3. The summed E-state index contributed by atoms with van der Waals surface area (Å²) < 4.78 is 1.59. The van der Waals surface area contributed by atoms with Gasteiger partial charge < -0.3 is 16.4 Å². The molecule has 5 rings (SSSR count). The van der Waals surface area contributed by atoms with Gasteiger partial charge in [-0.1, -0.05) is 18.0 Å². The lowest BCUT2D eigenvalue weighted by Gasteiger charge is -2.51. The van der Waals surface area contributed by atoms with E-state index in [9.17, 15) is 9.59 Å². The number of hydrogen-bond donors (Lipinski definition) is 3. The second kappa shape index (κ2) is 5.94. The van der Waals surface area contributed by atoms with Crippen LogP contribution >= 0.6 is 11.6 Å². The smallest absolute Gasteiger partial charge is 0.276 e. The van der Waals surface area contributed by atoms with E-state index in [-0.39, 0.29) is 39.1 Å². The molecule has 4 N–H and O–H groups in total. The van der Waals surface area contributed by atoms with Crippen LogP contribution in [0.3, 0.4) is 0 Å². The third-order valence-corrected chi connectivity index (χ3v) is 6.76. The quantitative estimate of drug-likeness (QED) is 0.714. The minimum Gasteiger partial charge on any atom is -0.384 e. The molecule has 1 amide bonds. The Hall–Kier alpha value is -2.61. The zero-order valence-corrected chi connectivity index (χ0v) is 16.1. The maximum Gasteiger partial charge on any atom is 0.276 e. The van der Waals surface area contributed by atoms with Crippen molar-refractivity contribution in [3.8, 4) is 0 Å². The fraction of sp³-hybridized carbons (Fsp3) is 0.474. The lowest BCUT2D eigenvalue weighted by Crippen LogP contribution is -2.54. The number of amides is 1. The minimum atomic E-state index is -0.700. The summed E-state index contributed by atoms with van der Waals surface area (Å²) in [6, 6.07) is 3.02. The standard InChI is InChI=1S/C19H21ClN6O2/c20-11-7-12(24-14-8-13(21)22-10-23-14)17(28)26-15(11)16(27)25-19(26)6-2-5-18(9-19)3-1-4-18/h7-8,10H,1-6,9H2,(H,25,27)(H3,21,22,23,24). The van der Waals surface area contributed by atoms with Gasteiger partial charge in [0.15, 0.2) is 0 Å². The van der Waals surface area contributed by atoms with Crippen LogP contribution in [-0.4, -0.2) is 20.4 Å². The van der Waals surface area contributed by atoms with Crippen molar-refractivity contribution in [3.63, 3.8) is 0 Å². The highest BCUT2D eigenvalue weighted by Gasteiger charge is 2.53. The summed E-state index contributed by atoms with van der Waals surface area (Å²) in [6.07, 6.45) is 8.47. The van der Waals surface area contributed by atoms with Gasteiger partial charge in [0.05, 0.1) is 5.02 Å². The highest BCUT2D eigenvalue weighted by Crippen LogP contribution is 2.56. The average Bonchev–Trinajstić information content (AvgIpc) is 2.90. The van der Waals surface area contributed by atoms with Gasteiger partial charge in [0.25, 0.3) is 11.5 Å². The molecule has 9 heteroatoms. The number of nitrogens with zero attached hydrogens (tertiary/aromatic N) is 3. The van der Waals surface area contributed by atoms with Gasteiger partial charge in [-0.25, -0.2) is 9.97 Å². The van der Waals surface area contributed by atoms with Crippen LogP contribution in [0.1, 0.15) is 55.4 Å². The summed E-state index contributed by atoms with van der Waals surface area (Å²) in [6.45, 7) is 0. The molecule has 0 radical (unpaired) electrons. The van der Waals surface area contributed by atoms with Crippen LogP contribution < -0.4 is 21.9 Å². The topological polar surface area (TPSA) is 115 Å². The Labute approximate surface area is 166 Å². The van der Waals surface area contributed by atoms with Gasteiger partial charge >= 0.3 is 0 Å². The van der Waals surface area contributed by atoms with E-state index < -0.39 is 5.66 Å². The number of nitrogens with one attached hydrogen (secondary N) is 2. The number of anilines is 3. The number of nitrogen functional groups attached to an aromatic ring is 1. The van der Waals surface area contributed by atoms with Gasteiger partial charge in [0.1, 0.15) is 35.0 Å². The first-order valence-corrected chi connectivity index (χ1v) is 9.92. The molecule has 2 aromatic heterocycles. The van der Waals surface area contributed by atoms with Crippen molar-refractivity contribution < 1.29 is 4.79 Å². The normalized spacial score (nSPS) is 24.7. The summed E-state index contributed by atoms with van der Waals surface area (Å²) in [4.78, 5) is 34.1. The van der Waals surface area contributed by atoms with Gasteiger partial charge in [0, 0.05) is 6.07 Å². The van der Waals surface area contributed by atoms with Crippen LogP contribution in [0.2, 0.25) is 5.02 Å². The molecule has 1 unspecified atom stereocenters. The largest absolute Gasteiger partial charge is 0.384 e. The molecule has 1 atom stereocenters. The highest BCUT2D eigenvalue weighted by molar-refractivity contribution is 6.34. The molecule has 2 saturated carbocycles. The zero-order chi connectivity index (χ0) is 19.5. The Kier molecular flexibility index (Phi) is 3.71. The molecule has 2 aromatic rings. The van der Waals surface area contributed by atoms with E-state index in [0.717, 1.165) is 38.5 Å². The molecule has 0 bridgehead atoms. The predicted molar refractivity (Wildman–Crippen MR) is 106 cm³/mol. The summed E-state index contributed by atoms with van der Waals surface area (Å²) >= 11 is 6.44. The van der Waals surface area contributed by atoms with E-state index in [4.69, 9.17) is 17.3 Å². The second-order valence-electron chi connectivity index (χ2n) is 8.22. The third-order valence-electron chi connectivity index (χ3n) is 6.47. The molecule has 2 fully saturated rings. The van der Waals surface area contributed by atoms with E-state index in [2.05, 4.69) is 20.6 Å². The Bertz CT molecular complexity index is 1050. The van der Waals surface area contributed by atoms with E-state index in [1.807, 2.05) is 0 Å². The Morgan fingerprint density at radius 2 is 1.89 bits per heavy atom. The first-order valence-electron chi connectivity index (χ1n) is 9.55. The molecule has 28 heavy (non-hydrogen) atoms. The first-order chi connectivity index (χ1) is 13.4. The molecule has 3 heterocycles. The molecular formula is C19H21ClN6O2. The molecule has 146 valence electrons. The lowest BCUT2D eigenvalue weighted by molar-refractivity contribution is -0.00674. The number of nitrogens with two attached hydrogens (primary N) is 1. The third kappa shape index (κ3) is 2.51. The van der Waals surface area contributed by atoms with Crippen LogP contribution in [0, 0.1) is 5.41 Å². The first kappa shape index (κ1) is 17.5. The number of rotatable bonds is 2. The molecule has 2 aliphatic carbocycles. The Balaban J connectivity index is 1.62. The maximum atomic E-state index is 13.4. The van der Waals surface area contributed by atoms with Gasteiger partial charge in [-0.15, -0.1) is 0 Å². The van der Waals surface area contributed by atoms with Crippen LogP contribution in [-0.2, 0) is 5.66 Å². The fourth-order valence-electron chi connectivity index (χ4n) is 5.15. The van der Waals surface area contributed by atoms with Crippen molar-refractivity contribution in [1.29, 1.82) is 0 Å². The van der Waals surface area contributed by atoms with Crippen LogP contribution in [0.5, 0.6) is 0 Å². The van der Waals surface area contributed by atoms with Crippen molar-refractivity contribution in [3.05, 3.63) is 39.5 Å². The number of carbonyl (C=O) groups excluding carboxylic acids is 1. The Morgan fingerprint density at radius 3 is 2.61 bits per heavy atom. The predicted octanol–water partition coefficient (Wildman–Crippen LogP) is 2.76. The van der Waals surface area contributed by atoms with Crippen LogP contribution in [0.15, 0.2) is 23.3 Å². The van der Waals surface area contributed by atoms with Gasteiger partial charge in [-0.05, 0) is 50.0 Å². The molecule has 2 spiro atoms. The SMILES string of the molecule is Nc1cc(Nc2cc(Cl)c3n(c2=O)C2(CCCC4(CCC4)C2)NC3=O)ncn1. The van der Waals surface area contributed by atoms with E-state index >= 15 is 0 Å². The van der Waals surface area contributed by atoms with E-state index in [0.29, 0.717) is 5.82 Å². The number of halogens is 1. The minimum absolute atomic E-state index is 0.226. The number of hydrogen-bond acceptors (Lipinski definition) is 6. The average molecular weight is 401 g/mol. The van der Waals surface area contributed by atoms with Crippen molar-refractivity contribution in [1.82, 2.24) is 19.9 Å². The Morgan fingerprint density at radius 1 is 1.14 bits per heavy atom. The number of fused-ring (bicyclic) bond motifs is 2. The molecule has 8 nitrogen and oxygen atoms in total. The van der Waals surface area contributed by atoms with Gasteiger partial charge in [-0.2, -0.15) is 0 Å². The molecular weight excluding hydrogens is 380 g/mol. The summed E-state index contributed by atoms with van der Waals surface area (Å²) in [7, 11) is 0. The number of carbonyl (C=O) groups is 1. The van der Waals surface area contributed by atoms with Crippen molar-refractivity contribution in [2.24, 2.45) is 5.41 Å². The molecule has 0 saturated heterocycles. The summed E-state index contributed by atoms with van der Waals surface area (Å²) in [5.41, 5.74) is 5.44. The summed E-state index contributed by atoms with van der Waals surface area (Å²) in [5.74, 6) is 0.403. The van der Waals surface area contributed by atoms with Crippen molar-refractivity contribution >= 4 is 34.8 Å². The number of pyridine rings is 1. The van der Waals surface area contributed by atoms with Crippen molar-refractivity contribution in [2.45, 2.75) is 50.6 Å². The molecule has 3 aliphatic rings. The fourth-order valence-corrected chi connectivity index (χ4v) is 5.43. The highest BCUT2D eigenvalue weighted by atomic mass is 35.5. The number of aromatic nitrogens is 3.